The normalized spacial score (nSPS) is 10.8. The number of amides is 1. The van der Waals surface area contributed by atoms with Crippen LogP contribution in [0.5, 0.6) is 0 Å². The lowest BCUT2D eigenvalue weighted by molar-refractivity contribution is 0.101. The number of para-hydroxylation sites is 1. The predicted octanol–water partition coefficient (Wildman–Crippen LogP) is 4.63. The van der Waals surface area contributed by atoms with Crippen molar-refractivity contribution in [1.82, 2.24) is 14.8 Å². The van der Waals surface area contributed by atoms with Gasteiger partial charge in [-0.25, -0.2) is 14.1 Å². The van der Waals surface area contributed by atoms with Gasteiger partial charge in [0, 0.05) is 34.3 Å². The monoisotopic (exact) mass is 454 g/mol. The van der Waals surface area contributed by atoms with Gasteiger partial charge in [0.15, 0.2) is 10.8 Å². The van der Waals surface area contributed by atoms with Crippen molar-refractivity contribution in [2.24, 2.45) is 0 Å². The lowest BCUT2D eigenvalue weighted by atomic mass is 10.1. The number of carbonyl (C=O) groups is 1. The van der Waals surface area contributed by atoms with Crippen LogP contribution in [0.15, 0.2) is 65.6 Å². The maximum atomic E-state index is 14.2. The molecule has 2 aromatic heterocycles. The van der Waals surface area contributed by atoms with E-state index in [-0.39, 0.29) is 11.4 Å². The van der Waals surface area contributed by atoms with E-state index in [0.717, 1.165) is 10.4 Å². The molecule has 0 aliphatic rings. The molecule has 0 fully saturated rings. The zero-order chi connectivity index (χ0) is 22.0. The van der Waals surface area contributed by atoms with Crippen LogP contribution < -0.4 is 10.7 Å². The number of halogens is 2. The summed E-state index contributed by atoms with van der Waals surface area (Å²) >= 11 is 7.20. The highest BCUT2D eigenvalue weighted by atomic mass is 35.5. The van der Waals surface area contributed by atoms with Gasteiger partial charge in [0.2, 0.25) is 5.43 Å². The quantitative estimate of drug-likeness (QED) is 0.477. The summed E-state index contributed by atoms with van der Waals surface area (Å²) in [7, 11) is 0. The Morgan fingerprint density at radius 1 is 1.19 bits per heavy atom. The number of thiazole rings is 1. The Balaban J connectivity index is 1.56. The second-order valence-electron chi connectivity index (χ2n) is 6.75. The fraction of sp³-hybridized carbons (Fsp3) is 0.0909. The zero-order valence-corrected chi connectivity index (χ0v) is 17.9. The third kappa shape index (κ3) is 4.70. The first-order valence-electron chi connectivity index (χ1n) is 9.27. The smallest absolute Gasteiger partial charge is 0.281 e. The molecule has 156 valence electrons. The van der Waals surface area contributed by atoms with Gasteiger partial charge in [0.05, 0.1) is 0 Å². The molecule has 1 amide bonds. The SMILES string of the molecule is Cc1cc(=O)c(C(=O)Nc2ncc(Cc3ccc(Cl)cc3)s2)nn1-c1ccccc1F. The molecule has 4 rings (SSSR count). The largest absolute Gasteiger partial charge is 0.296 e. The molecular formula is C22H16ClFN4O2S. The summed E-state index contributed by atoms with van der Waals surface area (Å²) in [5.74, 6) is -1.22. The van der Waals surface area contributed by atoms with Crippen molar-refractivity contribution in [2.45, 2.75) is 13.3 Å². The Labute approximate surface area is 186 Å². The van der Waals surface area contributed by atoms with E-state index in [0.29, 0.717) is 22.3 Å². The van der Waals surface area contributed by atoms with Crippen LogP contribution in [0.4, 0.5) is 9.52 Å². The Kier molecular flexibility index (Phi) is 5.92. The molecule has 0 bridgehead atoms. The highest BCUT2D eigenvalue weighted by molar-refractivity contribution is 7.15. The van der Waals surface area contributed by atoms with E-state index in [1.807, 2.05) is 24.3 Å². The second-order valence-corrected chi connectivity index (χ2v) is 8.30. The van der Waals surface area contributed by atoms with Gasteiger partial charge in [-0.05, 0) is 36.8 Å². The standard InChI is InChI=1S/C22H16ClFN4O2S/c1-13-10-19(29)20(27-28(13)18-5-3-2-4-17(18)24)21(30)26-22-25-12-16(31-22)11-14-6-8-15(23)9-7-14/h2-10,12H,11H2,1H3,(H,25,26,30). The molecule has 31 heavy (non-hydrogen) atoms. The molecule has 4 aromatic rings. The van der Waals surface area contributed by atoms with E-state index in [1.54, 1.807) is 25.3 Å². The Morgan fingerprint density at radius 2 is 1.94 bits per heavy atom. The molecule has 2 aromatic carbocycles. The van der Waals surface area contributed by atoms with Crippen LogP contribution in [0.1, 0.15) is 26.6 Å². The van der Waals surface area contributed by atoms with Crippen molar-refractivity contribution in [1.29, 1.82) is 0 Å². The van der Waals surface area contributed by atoms with Crippen molar-refractivity contribution in [3.8, 4) is 5.69 Å². The number of aromatic nitrogens is 3. The molecule has 0 unspecified atom stereocenters. The first-order valence-corrected chi connectivity index (χ1v) is 10.5. The lowest BCUT2D eigenvalue weighted by Gasteiger charge is -2.11. The third-order valence-electron chi connectivity index (χ3n) is 4.47. The van der Waals surface area contributed by atoms with Crippen molar-refractivity contribution in [3.05, 3.63) is 104 Å². The second kappa shape index (κ2) is 8.79. The van der Waals surface area contributed by atoms with Crippen LogP contribution >= 0.6 is 22.9 Å². The summed E-state index contributed by atoms with van der Waals surface area (Å²) in [6.07, 6.45) is 2.29. The fourth-order valence-corrected chi connectivity index (χ4v) is 3.95. The molecule has 9 heteroatoms. The molecule has 0 spiro atoms. The van der Waals surface area contributed by atoms with Crippen LogP contribution in [0.25, 0.3) is 5.69 Å². The van der Waals surface area contributed by atoms with E-state index in [2.05, 4.69) is 15.4 Å². The minimum absolute atomic E-state index is 0.147. The Morgan fingerprint density at radius 3 is 2.68 bits per heavy atom. The number of aryl methyl sites for hydroxylation is 1. The number of anilines is 1. The summed E-state index contributed by atoms with van der Waals surface area (Å²) < 4.78 is 15.4. The van der Waals surface area contributed by atoms with Crippen molar-refractivity contribution in [2.75, 3.05) is 5.32 Å². The van der Waals surface area contributed by atoms with Crippen molar-refractivity contribution >= 4 is 34.0 Å². The van der Waals surface area contributed by atoms with Gasteiger partial charge in [-0.2, -0.15) is 5.10 Å². The minimum atomic E-state index is -0.706. The van der Waals surface area contributed by atoms with Crippen LogP contribution in [-0.4, -0.2) is 20.7 Å². The third-order valence-corrected chi connectivity index (χ3v) is 5.63. The molecule has 0 atom stereocenters. The summed E-state index contributed by atoms with van der Waals surface area (Å²) in [5, 5.41) is 7.70. The highest BCUT2D eigenvalue weighted by Gasteiger charge is 2.18. The molecular weight excluding hydrogens is 439 g/mol. The molecule has 0 saturated heterocycles. The zero-order valence-electron chi connectivity index (χ0n) is 16.3. The maximum Gasteiger partial charge on any atom is 0.281 e. The van der Waals surface area contributed by atoms with Gasteiger partial charge < -0.3 is 0 Å². The van der Waals surface area contributed by atoms with Crippen LogP contribution in [0, 0.1) is 12.7 Å². The predicted molar refractivity (Wildman–Crippen MR) is 119 cm³/mol. The number of nitrogens with one attached hydrogen (secondary N) is 1. The van der Waals surface area contributed by atoms with Gasteiger partial charge in [-0.3, -0.25) is 14.9 Å². The Hall–Kier alpha value is -3.36. The van der Waals surface area contributed by atoms with Gasteiger partial charge >= 0.3 is 0 Å². The van der Waals surface area contributed by atoms with Crippen LogP contribution in [0.3, 0.4) is 0 Å². The van der Waals surface area contributed by atoms with E-state index in [4.69, 9.17) is 11.6 Å². The Bertz CT molecular complexity index is 1320. The van der Waals surface area contributed by atoms with Crippen molar-refractivity contribution < 1.29 is 9.18 Å². The highest BCUT2D eigenvalue weighted by Crippen LogP contribution is 2.22. The van der Waals surface area contributed by atoms with Gasteiger partial charge in [0.1, 0.15) is 11.5 Å². The number of hydrogen-bond donors (Lipinski definition) is 1. The van der Waals surface area contributed by atoms with E-state index < -0.39 is 17.2 Å². The number of hydrogen-bond acceptors (Lipinski definition) is 5. The average molecular weight is 455 g/mol. The van der Waals surface area contributed by atoms with E-state index >= 15 is 0 Å². The number of rotatable bonds is 5. The van der Waals surface area contributed by atoms with Crippen LogP contribution in [-0.2, 0) is 6.42 Å². The number of benzene rings is 2. The van der Waals surface area contributed by atoms with Gasteiger partial charge in [-0.15, -0.1) is 11.3 Å². The first kappa shape index (κ1) is 20.9. The molecule has 6 nitrogen and oxygen atoms in total. The molecule has 0 saturated carbocycles. The molecule has 0 radical (unpaired) electrons. The number of nitrogens with zero attached hydrogens (tertiary/aromatic N) is 3. The van der Waals surface area contributed by atoms with Crippen molar-refractivity contribution in [3.63, 3.8) is 0 Å². The summed E-state index contributed by atoms with van der Waals surface area (Å²) in [5.41, 5.74) is 0.711. The van der Waals surface area contributed by atoms with E-state index in [1.165, 1.54) is 34.2 Å². The molecule has 2 heterocycles. The lowest BCUT2D eigenvalue weighted by Crippen LogP contribution is -2.27. The van der Waals surface area contributed by atoms with E-state index in [9.17, 15) is 14.0 Å². The van der Waals surface area contributed by atoms with Crippen LogP contribution in [0.2, 0.25) is 5.02 Å². The average Bonchev–Trinajstić information content (AvgIpc) is 3.17. The topological polar surface area (TPSA) is 76.9 Å². The minimum Gasteiger partial charge on any atom is -0.296 e. The van der Waals surface area contributed by atoms with Gasteiger partial charge in [0.25, 0.3) is 5.91 Å². The summed E-state index contributed by atoms with van der Waals surface area (Å²) in [4.78, 5) is 30.2. The molecule has 1 N–H and O–H groups in total. The summed E-state index contributed by atoms with van der Waals surface area (Å²) in [6, 6.07) is 14.7. The maximum absolute atomic E-state index is 14.2. The van der Waals surface area contributed by atoms with Gasteiger partial charge in [-0.1, -0.05) is 35.9 Å². The molecule has 0 aliphatic carbocycles. The molecule has 0 aliphatic heterocycles. The fourth-order valence-electron chi connectivity index (χ4n) is 2.98. The summed E-state index contributed by atoms with van der Waals surface area (Å²) in [6.45, 7) is 1.62. The first-order chi connectivity index (χ1) is 14.9. The number of carbonyl (C=O) groups excluding carboxylic acids is 1.